The first-order valence-electron chi connectivity index (χ1n) is 6.97. The molecule has 0 aromatic carbocycles. The SMILES string of the molecule is C#CCN(CC(=O)O)C(=O)N1CC2CCCN2CC1C. The van der Waals surface area contributed by atoms with Crippen LogP contribution >= 0.6 is 0 Å². The monoisotopic (exact) mass is 279 g/mol. The number of carbonyl (C=O) groups excluding carboxylic acids is 1. The highest BCUT2D eigenvalue weighted by Crippen LogP contribution is 2.25. The average Bonchev–Trinajstić information content (AvgIpc) is 2.83. The lowest BCUT2D eigenvalue weighted by Crippen LogP contribution is -2.60. The Morgan fingerprint density at radius 1 is 1.45 bits per heavy atom. The smallest absolute Gasteiger partial charge is 0.323 e. The van der Waals surface area contributed by atoms with E-state index in [1.54, 1.807) is 4.90 Å². The third-order valence-corrected chi connectivity index (χ3v) is 4.06. The van der Waals surface area contributed by atoms with E-state index >= 15 is 0 Å². The van der Waals surface area contributed by atoms with Crippen LogP contribution in [0.2, 0.25) is 0 Å². The van der Waals surface area contributed by atoms with Gasteiger partial charge < -0.3 is 14.9 Å². The number of fused-ring (bicyclic) bond motifs is 1. The van der Waals surface area contributed by atoms with Crippen LogP contribution in [0.5, 0.6) is 0 Å². The van der Waals surface area contributed by atoms with Crippen molar-refractivity contribution in [2.75, 3.05) is 32.7 Å². The molecule has 1 N–H and O–H groups in total. The number of amides is 2. The summed E-state index contributed by atoms with van der Waals surface area (Å²) in [6.45, 7) is 4.30. The predicted molar refractivity (Wildman–Crippen MR) is 74.2 cm³/mol. The van der Waals surface area contributed by atoms with Gasteiger partial charge in [0, 0.05) is 25.2 Å². The number of carboxylic acid groups (broad SMARTS) is 1. The molecule has 20 heavy (non-hydrogen) atoms. The molecule has 110 valence electrons. The summed E-state index contributed by atoms with van der Waals surface area (Å²) in [6.07, 6.45) is 7.50. The Morgan fingerprint density at radius 3 is 2.85 bits per heavy atom. The van der Waals surface area contributed by atoms with E-state index in [1.165, 1.54) is 11.3 Å². The Bertz CT molecular complexity index is 432. The van der Waals surface area contributed by atoms with Gasteiger partial charge in [0.1, 0.15) is 6.54 Å². The summed E-state index contributed by atoms with van der Waals surface area (Å²) in [5, 5.41) is 8.88. The summed E-state index contributed by atoms with van der Waals surface area (Å²) in [7, 11) is 0. The Labute approximate surface area is 119 Å². The largest absolute Gasteiger partial charge is 0.480 e. The Morgan fingerprint density at radius 2 is 2.20 bits per heavy atom. The number of hydrogen-bond acceptors (Lipinski definition) is 3. The van der Waals surface area contributed by atoms with E-state index in [4.69, 9.17) is 11.5 Å². The number of rotatable bonds is 3. The summed E-state index contributed by atoms with van der Waals surface area (Å²) >= 11 is 0. The fourth-order valence-electron chi connectivity index (χ4n) is 3.10. The van der Waals surface area contributed by atoms with Crippen molar-refractivity contribution < 1.29 is 14.7 Å². The Balaban J connectivity index is 2.05. The van der Waals surface area contributed by atoms with E-state index in [-0.39, 0.29) is 25.2 Å². The second-order valence-electron chi connectivity index (χ2n) is 5.53. The van der Waals surface area contributed by atoms with Gasteiger partial charge in [-0.3, -0.25) is 9.69 Å². The number of terminal acetylenes is 1. The van der Waals surface area contributed by atoms with E-state index in [0.717, 1.165) is 19.5 Å². The van der Waals surface area contributed by atoms with Crippen LogP contribution in [0.15, 0.2) is 0 Å². The standard InChI is InChI=1S/C14H21N3O3/c1-3-6-16(10-13(18)19)14(20)17-9-12-5-4-7-15(12)8-11(17)2/h1,11-12H,4-10H2,2H3,(H,18,19). The molecule has 2 fully saturated rings. The first kappa shape index (κ1) is 14.7. The van der Waals surface area contributed by atoms with Gasteiger partial charge in [0.2, 0.25) is 0 Å². The van der Waals surface area contributed by atoms with Crippen molar-refractivity contribution in [2.45, 2.75) is 31.8 Å². The molecule has 0 saturated carbocycles. The van der Waals surface area contributed by atoms with Gasteiger partial charge in [0.05, 0.1) is 6.54 Å². The van der Waals surface area contributed by atoms with Crippen LogP contribution in [0.3, 0.4) is 0 Å². The lowest BCUT2D eigenvalue weighted by atomic mass is 10.1. The molecule has 2 aliphatic rings. The molecule has 0 radical (unpaired) electrons. The Kier molecular flexibility index (Phi) is 4.50. The number of hydrogen-bond donors (Lipinski definition) is 1. The van der Waals surface area contributed by atoms with E-state index in [9.17, 15) is 9.59 Å². The molecule has 0 bridgehead atoms. The minimum absolute atomic E-state index is 0.0305. The van der Waals surface area contributed by atoms with Crippen molar-refractivity contribution in [1.82, 2.24) is 14.7 Å². The van der Waals surface area contributed by atoms with Crippen molar-refractivity contribution in [3.05, 3.63) is 0 Å². The van der Waals surface area contributed by atoms with E-state index in [1.807, 2.05) is 6.92 Å². The molecule has 2 heterocycles. The van der Waals surface area contributed by atoms with Crippen LogP contribution in [0.25, 0.3) is 0 Å². The molecule has 6 nitrogen and oxygen atoms in total. The predicted octanol–water partition coefficient (Wildman–Crippen LogP) is 0.295. The number of piperazine rings is 1. The second-order valence-corrected chi connectivity index (χ2v) is 5.53. The van der Waals surface area contributed by atoms with Gasteiger partial charge in [0.25, 0.3) is 0 Å². The highest BCUT2D eigenvalue weighted by atomic mass is 16.4. The van der Waals surface area contributed by atoms with Crippen molar-refractivity contribution in [2.24, 2.45) is 0 Å². The third kappa shape index (κ3) is 3.05. The molecule has 0 spiro atoms. The first-order valence-corrected chi connectivity index (χ1v) is 6.97. The molecule has 0 aromatic heterocycles. The highest BCUT2D eigenvalue weighted by molar-refractivity contribution is 5.80. The molecule has 2 amide bonds. The fraction of sp³-hybridized carbons (Fsp3) is 0.714. The normalized spacial score (nSPS) is 25.9. The maximum Gasteiger partial charge on any atom is 0.323 e. The van der Waals surface area contributed by atoms with Crippen LogP contribution in [-0.4, -0.2) is 76.6 Å². The van der Waals surface area contributed by atoms with Gasteiger partial charge >= 0.3 is 12.0 Å². The Hall–Kier alpha value is -1.74. The topological polar surface area (TPSA) is 64.1 Å². The van der Waals surface area contributed by atoms with E-state index in [2.05, 4.69) is 10.8 Å². The zero-order chi connectivity index (χ0) is 14.7. The van der Waals surface area contributed by atoms with Crippen molar-refractivity contribution >= 4 is 12.0 Å². The van der Waals surface area contributed by atoms with E-state index in [0.29, 0.717) is 12.6 Å². The van der Waals surface area contributed by atoms with Gasteiger partial charge in [-0.05, 0) is 26.3 Å². The van der Waals surface area contributed by atoms with Gasteiger partial charge in [-0.25, -0.2) is 4.79 Å². The molecule has 2 saturated heterocycles. The highest BCUT2D eigenvalue weighted by Gasteiger charge is 2.38. The van der Waals surface area contributed by atoms with Crippen LogP contribution in [-0.2, 0) is 4.79 Å². The molecule has 2 unspecified atom stereocenters. The van der Waals surface area contributed by atoms with Crippen molar-refractivity contribution in [3.63, 3.8) is 0 Å². The number of carbonyl (C=O) groups is 2. The first-order chi connectivity index (χ1) is 9.52. The quantitative estimate of drug-likeness (QED) is 0.755. The number of urea groups is 1. The average molecular weight is 279 g/mol. The van der Waals surface area contributed by atoms with Crippen LogP contribution in [0.1, 0.15) is 19.8 Å². The minimum Gasteiger partial charge on any atom is -0.480 e. The van der Waals surface area contributed by atoms with Crippen LogP contribution in [0, 0.1) is 12.3 Å². The number of nitrogens with zero attached hydrogens (tertiary/aromatic N) is 3. The lowest BCUT2D eigenvalue weighted by Gasteiger charge is -2.43. The lowest BCUT2D eigenvalue weighted by molar-refractivity contribution is -0.137. The van der Waals surface area contributed by atoms with Gasteiger partial charge in [-0.15, -0.1) is 6.42 Å². The van der Waals surface area contributed by atoms with Crippen molar-refractivity contribution in [3.8, 4) is 12.3 Å². The second kappa shape index (κ2) is 6.14. The zero-order valence-corrected chi connectivity index (χ0v) is 11.8. The summed E-state index contributed by atoms with van der Waals surface area (Å²) < 4.78 is 0. The molecule has 2 aliphatic heterocycles. The maximum absolute atomic E-state index is 12.5. The molecule has 2 atom stereocenters. The molecule has 0 aliphatic carbocycles. The van der Waals surface area contributed by atoms with Crippen LogP contribution in [0.4, 0.5) is 4.79 Å². The third-order valence-electron chi connectivity index (χ3n) is 4.06. The fourth-order valence-corrected chi connectivity index (χ4v) is 3.10. The zero-order valence-electron chi connectivity index (χ0n) is 11.8. The van der Waals surface area contributed by atoms with Crippen LogP contribution < -0.4 is 0 Å². The van der Waals surface area contributed by atoms with E-state index < -0.39 is 5.97 Å². The summed E-state index contributed by atoms with van der Waals surface area (Å²) in [4.78, 5) is 28.8. The van der Waals surface area contributed by atoms with Crippen molar-refractivity contribution in [1.29, 1.82) is 0 Å². The number of aliphatic carboxylic acids is 1. The summed E-state index contributed by atoms with van der Waals surface area (Å²) in [5.74, 6) is 1.32. The summed E-state index contributed by atoms with van der Waals surface area (Å²) in [6, 6.07) is 0.239. The molecule has 2 rings (SSSR count). The molecule has 6 heteroatoms. The minimum atomic E-state index is -1.04. The maximum atomic E-state index is 12.5. The van der Waals surface area contributed by atoms with Gasteiger partial charge in [-0.1, -0.05) is 5.92 Å². The molecule has 0 aromatic rings. The van der Waals surface area contributed by atoms with Gasteiger partial charge in [0.15, 0.2) is 0 Å². The van der Waals surface area contributed by atoms with Gasteiger partial charge in [-0.2, -0.15) is 0 Å². The molecular formula is C14H21N3O3. The molecular weight excluding hydrogens is 258 g/mol. The summed E-state index contributed by atoms with van der Waals surface area (Å²) in [5.41, 5.74) is 0. The number of carboxylic acids is 1.